The third kappa shape index (κ3) is 3.66. The zero-order chi connectivity index (χ0) is 21.5. The number of aromatic nitrogens is 4. The molecule has 0 aliphatic rings. The SMILES string of the molecule is Cc1nc(C(F)(F)F)ccc1C(=O)Nc1ccc(O)c(-c2nc3ccccc3[nH]2)n1. The number of rotatable bonds is 3. The van der Waals surface area contributed by atoms with Crippen molar-refractivity contribution in [3.63, 3.8) is 0 Å². The van der Waals surface area contributed by atoms with Crippen LogP contribution in [0, 0.1) is 6.92 Å². The molecule has 3 aromatic heterocycles. The minimum atomic E-state index is -4.60. The van der Waals surface area contributed by atoms with E-state index in [1.807, 2.05) is 18.2 Å². The molecular weight excluding hydrogens is 399 g/mol. The van der Waals surface area contributed by atoms with Crippen LogP contribution in [-0.4, -0.2) is 30.9 Å². The summed E-state index contributed by atoms with van der Waals surface area (Å²) in [6, 6.07) is 11.8. The number of carbonyl (C=O) groups is 1. The van der Waals surface area contributed by atoms with Crippen molar-refractivity contribution >= 4 is 22.8 Å². The Kier molecular flexibility index (Phi) is 4.61. The molecule has 152 valence electrons. The molecule has 0 aliphatic carbocycles. The number of amides is 1. The summed E-state index contributed by atoms with van der Waals surface area (Å²) in [5.74, 6) is -0.438. The predicted molar refractivity (Wildman–Crippen MR) is 103 cm³/mol. The van der Waals surface area contributed by atoms with Gasteiger partial charge in [-0.3, -0.25) is 4.79 Å². The normalized spacial score (nSPS) is 11.6. The molecule has 0 spiro atoms. The standard InChI is InChI=1S/C20H14F3N5O2/c1-10-11(6-8-15(24-10)20(21,22)23)19(30)28-16-9-7-14(29)17(27-16)18-25-12-4-2-3-5-13(12)26-18/h2-9,29H,1H3,(H,25,26)(H,27,28,30). The molecule has 3 heterocycles. The van der Waals surface area contributed by atoms with E-state index in [2.05, 4.69) is 25.3 Å². The fraction of sp³-hybridized carbons (Fsp3) is 0.100. The molecule has 0 atom stereocenters. The zero-order valence-electron chi connectivity index (χ0n) is 15.4. The lowest BCUT2D eigenvalue weighted by atomic mass is 10.1. The van der Waals surface area contributed by atoms with Crippen LogP contribution in [0.4, 0.5) is 19.0 Å². The van der Waals surface area contributed by atoms with Gasteiger partial charge in [-0.2, -0.15) is 13.2 Å². The lowest BCUT2D eigenvalue weighted by Gasteiger charge is -2.11. The van der Waals surface area contributed by atoms with E-state index in [1.165, 1.54) is 19.1 Å². The lowest BCUT2D eigenvalue weighted by Crippen LogP contribution is -2.17. The van der Waals surface area contributed by atoms with Crippen molar-refractivity contribution in [2.75, 3.05) is 5.32 Å². The highest BCUT2D eigenvalue weighted by molar-refractivity contribution is 6.04. The summed E-state index contributed by atoms with van der Waals surface area (Å²) in [6.07, 6.45) is -4.60. The number of carbonyl (C=O) groups excluding carboxylic acids is 1. The van der Waals surface area contributed by atoms with Gasteiger partial charge < -0.3 is 15.4 Å². The number of hydrogen-bond donors (Lipinski definition) is 3. The molecule has 1 aromatic carbocycles. The average Bonchev–Trinajstić information content (AvgIpc) is 3.12. The number of alkyl halides is 3. The highest BCUT2D eigenvalue weighted by atomic mass is 19.4. The first-order valence-corrected chi connectivity index (χ1v) is 8.74. The molecule has 0 saturated heterocycles. The topological polar surface area (TPSA) is 104 Å². The third-order valence-corrected chi connectivity index (χ3v) is 4.35. The second-order valence-corrected chi connectivity index (χ2v) is 6.45. The third-order valence-electron chi connectivity index (χ3n) is 4.35. The van der Waals surface area contributed by atoms with Gasteiger partial charge in [0.05, 0.1) is 22.3 Å². The monoisotopic (exact) mass is 413 g/mol. The number of H-pyrrole nitrogens is 1. The molecular formula is C20H14F3N5O2. The molecule has 0 aliphatic heterocycles. The second-order valence-electron chi connectivity index (χ2n) is 6.45. The summed E-state index contributed by atoms with van der Waals surface area (Å²) >= 11 is 0. The Morgan fingerprint density at radius 1 is 1.03 bits per heavy atom. The van der Waals surface area contributed by atoms with Crippen LogP contribution in [0.1, 0.15) is 21.7 Å². The molecule has 0 saturated carbocycles. The number of pyridine rings is 2. The molecule has 1 amide bonds. The van der Waals surface area contributed by atoms with Gasteiger partial charge in [0.25, 0.3) is 5.91 Å². The Bertz CT molecular complexity index is 1230. The second kappa shape index (κ2) is 7.14. The van der Waals surface area contributed by atoms with Gasteiger partial charge in [0.15, 0.2) is 5.82 Å². The van der Waals surface area contributed by atoms with Crippen molar-refractivity contribution in [2.45, 2.75) is 13.1 Å². The minimum absolute atomic E-state index is 0.0248. The number of halogens is 3. The van der Waals surface area contributed by atoms with Crippen LogP contribution >= 0.6 is 0 Å². The highest BCUT2D eigenvalue weighted by Gasteiger charge is 2.33. The van der Waals surface area contributed by atoms with Gasteiger partial charge in [-0.25, -0.2) is 15.0 Å². The summed E-state index contributed by atoms with van der Waals surface area (Å²) in [5.41, 5.74) is 0.365. The number of hydrogen-bond acceptors (Lipinski definition) is 5. The Labute approximate surface area is 167 Å². The van der Waals surface area contributed by atoms with E-state index in [0.29, 0.717) is 11.3 Å². The van der Waals surface area contributed by atoms with Crippen molar-refractivity contribution in [3.05, 3.63) is 65.5 Å². The Morgan fingerprint density at radius 2 is 1.80 bits per heavy atom. The summed E-state index contributed by atoms with van der Waals surface area (Å²) in [4.78, 5) is 27.6. The van der Waals surface area contributed by atoms with Gasteiger partial charge in [-0.15, -0.1) is 0 Å². The van der Waals surface area contributed by atoms with Crippen LogP contribution in [-0.2, 0) is 6.18 Å². The zero-order valence-corrected chi connectivity index (χ0v) is 15.4. The molecule has 0 bridgehead atoms. The summed E-state index contributed by atoms with van der Waals surface area (Å²) < 4.78 is 38.3. The molecule has 10 heteroatoms. The van der Waals surface area contributed by atoms with Gasteiger partial charge in [-0.1, -0.05) is 12.1 Å². The molecule has 4 rings (SSSR count). The highest BCUT2D eigenvalue weighted by Crippen LogP contribution is 2.30. The number of benzene rings is 1. The number of imidazole rings is 1. The lowest BCUT2D eigenvalue weighted by molar-refractivity contribution is -0.141. The van der Waals surface area contributed by atoms with Crippen molar-refractivity contribution in [1.29, 1.82) is 0 Å². The van der Waals surface area contributed by atoms with Crippen LogP contribution in [0.2, 0.25) is 0 Å². The molecule has 3 N–H and O–H groups in total. The summed E-state index contributed by atoms with van der Waals surface area (Å²) in [6.45, 7) is 1.31. The maximum Gasteiger partial charge on any atom is 0.433 e. The molecule has 0 fully saturated rings. The van der Waals surface area contributed by atoms with Crippen LogP contribution < -0.4 is 5.32 Å². The van der Waals surface area contributed by atoms with Crippen LogP contribution in [0.5, 0.6) is 5.75 Å². The number of aromatic amines is 1. The quantitative estimate of drug-likeness (QED) is 0.465. The van der Waals surface area contributed by atoms with Crippen molar-refractivity contribution in [3.8, 4) is 17.3 Å². The van der Waals surface area contributed by atoms with Crippen LogP contribution in [0.3, 0.4) is 0 Å². The maximum absolute atomic E-state index is 12.8. The van der Waals surface area contributed by atoms with E-state index in [4.69, 9.17) is 0 Å². The average molecular weight is 413 g/mol. The van der Waals surface area contributed by atoms with Gasteiger partial charge in [-0.05, 0) is 43.3 Å². The number of para-hydroxylation sites is 2. The van der Waals surface area contributed by atoms with Gasteiger partial charge in [0.2, 0.25) is 0 Å². The maximum atomic E-state index is 12.8. The number of aryl methyl sites for hydroxylation is 1. The number of aromatic hydroxyl groups is 1. The number of fused-ring (bicyclic) bond motifs is 1. The van der Waals surface area contributed by atoms with Crippen molar-refractivity contribution in [1.82, 2.24) is 19.9 Å². The van der Waals surface area contributed by atoms with Gasteiger partial charge in [0.1, 0.15) is 23.0 Å². The van der Waals surface area contributed by atoms with E-state index >= 15 is 0 Å². The molecule has 30 heavy (non-hydrogen) atoms. The first-order valence-electron chi connectivity index (χ1n) is 8.74. The molecule has 4 aromatic rings. The van der Waals surface area contributed by atoms with E-state index in [-0.39, 0.29) is 28.5 Å². The fourth-order valence-electron chi connectivity index (χ4n) is 2.90. The Balaban J connectivity index is 1.63. The van der Waals surface area contributed by atoms with Crippen LogP contribution in [0.25, 0.3) is 22.6 Å². The van der Waals surface area contributed by atoms with Gasteiger partial charge in [0, 0.05) is 0 Å². The molecule has 7 nitrogen and oxygen atoms in total. The molecule has 0 radical (unpaired) electrons. The van der Waals surface area contributed by atoms with Crippen molar-refractivity contribution in [2.24, 2.45) is 0 Å². The number of nitrogens with zero attached hydrogens (tertiary/aromatic N) is 3. The minimum Gasteiger partial charge on any atom is -0.506 e. The largest absolute Gasteiger partial charge is 0.506 e. The van der Waals surface area contributed by atoms with E-state index in [9.17, 15) is 23.1 Å². The Hall–Kier alpha value is -3.95. The van der Waals surface area contributed by atoms with E-state index < -0.39 is 17.8 Å². The summed E-state index contributed by atoms with van der Waals surface area (Å²) in [7, 11) is 0. The molecule has 0 unspecified atom stereocenters. The van der Waals surface area contributed by atoms with E-state index in [1.54, 1.807) is 6.07 Å². The van der Waals surface area contributed by atoms with Crippen molar-refractivity contribution < 1.29 is 23.1 Å². The first-order chi connectivity index (χ1) is 14.2. The van der Waals surface area contributed by atoms with Crippen LogP contribution in [0.15, 0.2) is 48.5 Å². The predicted octanol–water partition coefficient (Wildman–Crippen LogP) is 4.31. The Morgan fingerprint density at radius 3 is 2.50 bits per heavy atom. The fourth-order valence-corrected chi connectivity index (χ4v) is 2.90. The number of nitrogens with one attached hydrogen (secondary N) is 2. The number of anilines is 1. The van der Waals surface area contributed by atoms with E-state index in [0.717, 1.165) is 17.6 Å². The summed E-state index contributed by atoms with van der Waals surface area (Å²) in [5, 5.41) is 12.7. The first kappa shape index (κ1) is 19.4. The smallest absolute Gasteiger partial charge is 0.433 e. The van der Waals surface area contributed by atoms with Gasteiger partial charge >= 0.3 is 6.18 Å².